The molecule has 9 heteroatoms. The molecule has 0 aliphatic carbocycles. The molecule has 2 aliphatic heterocycles. The van der Waals surface area contributed by atoms with Crippen LogP contribution in [0.1, 0.15) is 45.7 Å². The summed E-state index contributed by atoms with van der Waals surface area (Å²) in [6.07, 6.45) is 1.46. The van der Waals surface area contributed by atoms with Crippen LogP contribution in [0.2, 0.25) is 0 Å². The van der Waals surface area contributed by atoms with Crippen LogP contribution in [0.4, 0.5) is 8.78 Å². The quantitative estimate of drug-likeness (QED) is 0.567. The third-order valence-corrected chi connectivity index (χ3v) is 7.01. The summed E-state index contributed by atoms with van der Waals surface area (Å²) in [5, 5.41) is 14.9. The molecule has 1 N–H and O–H groups in total. The van der Waals surface area contributed by atoms with Gasteiger partial charge in [0.05, 0.1) is 19.8 Å². The number of aromatic nitrogens is 2. The fraction of sp³-hybridized carbons (Fsp3) is 0.407. The molecule has 2 aromatic carbocycles. The molecular formula is C27H30F2N4O3. The summed E-state index contributed by atoms with van der Waals surface area (Å²) in [6, 6.07) is 11.6. The first-order valence-electron chi connectivity index (χ1n) is 12.3. The number of carbonyl (C=O) groups is 1. The summed E-state index contributed by atoms with van der Waals surface area (Å²) in [6.45, 7) is 2.36. The number of fused-ring (bicyclic) bond motifs is 1. The molecule has 1 aromatic heterocycles. The molecule has 7 nitrogen and oxygen atoms in total. The second kappa shape index (κ2) is 10.4. The summed E-state index contributed by atoms with van der Waals surface area (Å²) >= 11 is 0. The number of amides is 1. The van der Waals surface area contributed by atoms with Gasteiger partial charge in [-0.1, -0.05) is 18.2 Å². The largest absolute Gasteiger partial charge is 0.497 e. The lowest BCUT2D eigenvalue weighted by atomic mass is 10.0. The standard InChI is InChI=1S/C27H30F2N4O3/c1-36-20-7-2-5-18(13-20)14-33-25-10-12-31(16-21-23(28)8-3-9-24(21)29)17-22(25)26(30-33)27(35)32-11-4-6-19(34)15-32/h2-3,5,7-9,13,19,34H,4,6,10-12,14-17H2,1H3. The number of likely N-dealkylation sites (tertiary alicyclic amines) is 1. The molecule has 1 amide bonds. The molecule has 3 aromatic rings. The van der Waals surface area contributed by atoms with E-state index in [4.69, 9.17) is 9.84 Å². The van der Waals surface area contributed by atoms with E-state index in [0.717, 1.165) is 29.0 Å². The number of β-amino-alcohol motifs (C(OH)–C–C–N with tert-alkyl or cyclic N) is 1. The van der Waals surface area contributed by atoms with Gasteiger partial charge in [-0.2, -0.15) is 5.10 Å². The van der Waals surface area contributed by atoms with Crippen LogP contribution in [0.25, 0.3) is 0 Å². The van der Waals surface area contributed by atoms with E-state index in [-0.39, 0.29) is 24.6 Å². The molecule has 5 rings (SSSR count). The average molecular weight is 497 g/mol. The van der Waals surface area contributed by atoms with Crippen molar-refractivity contribution in [2.45, 2.75) is 45.0 Å². The van der Waals surface area contributed by atoms with Crippen molar-refractivity contribution < 1.29 is 23.4 Å². The van der Waals surface area contributed by atoms with Gasteiger partial charge in [0.2, 0.25) is 0 Å². The van der Waals surface area contributed by atoms with E-state index < -0.39 is 17.7 Å². The van der Waals surface area contributed by atoms with Crippen molar-refractivity contribution in [1.82, 2.24) is 19.6 Å². The van der Waals surface area contributed by atoms with Gasteiger partial charge in [-0.25, -0.2) is 8.78 Å². The number of rotatable bonds is 6. The van der Waals surface area contributed by atoms with E-state index in [2.05, 4.69) is 0 Å². The van der Waals surface area contributed by atoms with Gasteiger partial charge in [0, 0.05) is 56.0 Å². The molecule has 2 aliphatic rings. The van der Waals surface area contributed by atoms with Crippen LogP contribution in [0.3, 0.4) is 0 Å². The van der Waals surface area contributed by atoms with Crippen molar-refractivity contribution in [1.29, 1.82) is 0 Å². The smallest absolute Gasteiger partial charge is 0.274 e. The van der Waals surface area contributed by atoms with Crippen molar-refractivity contribution in [3.8, 4) is 5.75 Å². The van der Waals surface area contributed by atoms with Crippen LogP contribution in [-0.2, 0) is 26.1 Å². The van der Waals surface area contributed by atoms with E-state index in [1.807, 2.05) is 33.8 Å². The normalized spacial score (nSPS) is 18.2. The minimum absolute atomic E-state index is 0.0248. The monoisotopic (exact) mass is 496 g/mol. The summed E-state index contributed by atoms with van der Waals surface area (Å²) < 4.78 is 35.8. The zero-order valence-corrected chi connectivity index (χ0v) is 20.3. The van der Waals surface area contributed by atoms with Gasteiger partial charge >= 0.3 is 0 Å². The number of methoxy groups -OCH3 is 1. The third-order valence-electron chi connectivity index (χ3n) is 7.01. The van der Waals surface area contributed by atoms with Crippen molar-refractivity contribution in [2.75, 3.05) is 26.7 Å². The van der Waals surface area contributed by atoms with Gasteiger partial charge < -0.3 is 14.7 Å². The SMILES string of the molecule is COc1cccc(Cn2nc(C(=O)N3CCCC(O)C3)c3c2CCN(Cc2c(F)cccc2F)C3)c1. The molecule has 1 atom stereocenters. The highest BCUT2D eigenvalue weighted by molar-refractivity contribution is 5.94. The first-order valence-corrected chi connectivity index (χ1v) is 12.3. The Morgan fingerprint density at radius 1 is 1.14 bits per heavy atom. The fourth-order valence-electron chi connectivity index (χ4n) is 5.12. The molecule has 1 fully saturated rings. The summed E-state index contributed by atoms with van der Waals surface area (Å²) in [5.74, 6) is -0.625. The number of nitrogens with zero attached hydrogens (tertiary/aromatic N) is 4. The molecule has 190 valence electrons. The van der Waals surface area contributed by atoms with Crippen molar-refractivity contribution in [3.05, 3.63) is 82.2 Å². The molecule has 3 heterocycles. The molecule has 1 saturated heterocycles. The number of hydrogen-bond donors (Lipinski definition) is 1. The molecule has 0 radical (unpaired) electrons. The highest BCUT2D eigenvalue weighted by Crippen LogP contribution is 2.28. The summed E-state index contributed by atoms with van der Waals surface area (Å²) in [4.78, 5) is 17.1. The lowest BCUT2D eigenvalue weighted by Gasteiger charge is -2.31. The van der Waals surface area contributed by atoms with Gasteiger partial charge in [0.15, 0.2) is 5.69 Å². The first-order chi connectivity index (χ1) is 17.4. The van der Waals surface area contributed by atoms with Crippen LogP contribution >= 0.6 is 0 Å². The highest BCUT2D eigenvalue weighted by atomic mass is 19.1. The molecule has 0 bridgehead atoms. The van der Waals surface area contributed by atoms with Crippen molar-refractivity contribution >= 4 is 5.91 Å². The number of carbonyl (C=O) groups excluding carboxylic acids is 1. The second-order valence-electron chi connectivity index (χ2n) is 9.49. The van der Waals surface area contributed by atoms with E-state index in [9.17, 15) is 18.7 Å². The number of benzene rings is 2. The number of ether oxygens (including phenoxy) is 1. The van der Waals surface area contributed by atoms with E-state index >= 15 is 0 Å². The maximum absolute atomic E-state index is 14.3. The van der Waals surface area contributed by atoms with E-state index in [1.54, 1.807) is 12.0 Å². The Labute approximate surface area is 208 Å². The lowest BCUT2D eigenvalue weighted by Crippen LogP contribution is -2.43. The maximum Gasteiger partial charge on any atom is 0.274 e. The summed E-state index contributed by atoms with van der Waals surface area (Å²) in [5.41, 5.74) is 3.09. The fourth-order valence-corrected chi connectivity index (χ4v) is 5.12. The predicted octanol–water partition coefficient (Wildman–Crippen LogP) is 3.37. The van der Waals surface area contributed by atoms with E-state index in [1.165, 1.54) is 18.2 Å². The molecular weight excluding hydrogens is 466 g/mol. The number of aliphatic hydroxyl groups is 1. The minimum Gasteiger partial charge on any atom is -0.497 e. The number of hydrogen-bond acceptors (Lipinski definition) is 5. The van der Waals surface area contributed by atoms with Crippen LogP contribution in [-0.4, -0.2) is 63.4 Å². The Balaban J connectivity index is 1.46. The van der Waals surface area contributed by atoms with Crippen molar-refractivity contribution in [3.63, 3.8) is 0 Å². The molecule has 36 heavy (non-hydrogen) atoms. The van der Waals surface area contributed by atoms with E-state index in [0.29, 0.717) is 44.7 Å². The maximum atomic E-state index is 14.3. The van der Waals surface area contributed by atoms with Crippen LogP contribution in [0, 0.1) is 11.6 Å². The van der Waals surface area contributed by atoms with Gasteiger partial charge in [-0.15, -0.1) is 0 Å². The van der Waals surface area contributed by atoms with Gasteiger partial charge in [-0.05, 0) is 42.7 Å². The minimum atomic E-state index is -0.576. The van der Waals surface area contributed by atoms with Crippen molar-refractivity contribution in [2.24, 2.45) is 0 Å². The Morgan fingerprint density at radius 2 is 1.92 bits per heavy atom. The highest BCUT2D eigenvalue weighted by Gasteiger charge is 2.32. The average Bonchev–Trinajstić information content (AvgIpc) is 3.23. The number of piperidine rings is 1. The molecule has 0 spiro atoms. The Bertz CT molecular complexity index is 1240. The lowest BCUT2D eigenvalue weighted by molar-refractivity contribution is 0.0466. The zero-order chi connectivity index (χ0) is 25.2. The number of halogens is 2. The van der Waals surface area contributed by atoms with Gasteiger partial charge in [0.1, 0.15) is 17.4 Å². The zero-order valence-electron chi connectivity index (χ0n) is 20.3. The van der Waals surface area contributed by atoms with Crippen LogP contribution in [0.15, 0.2) is 42.5 Å². The van der Waals surface area contributed by atoms with Crippen LogP contribution < -0.4 is 4.74 Å². The Hall–Kier alpha value is -3.30. The first kappa shape index (κ1) is 24.4. The Morgan fingerprint density at radius 3 is 2.67 bits per heavy atom. The molecule has 1 unspecified atom stereocenters. The van der Waals surface area contributed by atoms with Gasteiger partial charge in [0.25, 0.3) is 5.91 Å². The van der Waals surface area contributed by atoms with Crippen LogP contribution in [0.5, 0.6) is 5.75 Å². The third kappa shape index (κ3) is 4.99. The second-order valence-corrected chi connectivity index (χ2v) is 9.49. The molecule has 0 saturated carbocycles. The predicted molar refractivity (Wildman–Crippen MR) is 130 cm³/mol. The number of aliphatic hydroxyl groups excluding tert-OH is 1. The topological polar surface area (TPSA) is 70.8 Å². The Kier molecular flexibility index (Phi) is 7.02. The van der Waals surface area contributed by atoms with Gasteiger partial charge in [-0.3, -0.25) is 14.4 Å². The summed E-state index contributed by atoms with van der Waals surface area (Å²) in [7, 11) is 1.62.